The van der Waals surface area contributed by atoms with Gasteiger partial charge in [0.15, 0.2) is 0 Å². The second-order valence-corrected chi connectivity index (χ2v) is 6.36. The first-order chi connectivity index (χ1) is 12.5. The van der Waals surface area contributed by atoms with Gasteiger partial charge in [-0.05, 0) is 42.3 Å². The summed E-state index contributed by atoms with van der Waals surface area (Å²) < 4.78 is 13.0. The minimum atomic E-state index is -0.580. The van der Waals surface area contributed by atoms with E-state index in [-0.39, 0.29) is 5.82 Å². The van der Waals surface area contributed by atoms with Gasteiger partial charge < -0.3 is 15.1 Å². The maximum Gasteiger partial charge on any atom is 0.312 e. The van der Waals surface area contributed by atoms with Crippen LogP contribution in [0.15, 0.2) is 48.5 Å². The molecule has 2 aromatic carbocycles. The van der Waals surface area contributed by atoms with Crippen molar-refractivity contribution in [3.63, 3.8) is 0 Å². The fourth-order valence-electron chi connectivity index (χ4n) is 3.02. The molecule has 0 aliphatic carbocycles. The van der Waals surface area contributed by atoms with Gasteiger partial charge in [0.05, 0.1) is 0 Å². The Hall–Kier alpha value is -2.89. The van der Waals surface area contributed by atoms with Gasteiger partial charge in [0, 0.05) is 38.4 Å². The van der Waals surface area contributed by atoms with Crippen molar-refractivity contribution in [3.8, 4) is 0 Å². The van der Waals surface area contributed by atoms with Gasteiger partial charge in [0.25, 0.3) is 0 Å². The van der Waals surface area contributed by atoms with Gasteiger partial charge in [-0.2, -0.15) is 0 Å². The minimum absolute atomic E-state index is 0.270. The average Bonchev–Trinajstić information content (AvgIpc) is 2.67. The van der Waals surface area contributed by atoms with E-state index in [1.165, 1.54) is 12.1 Å². The summed E-state index contributed by atoms with van der Waals surface area (Å²) in [5.74, 6) is -1.35. The molecule has 1 heterocycles. The lowest BCUT2D eigenvalue weighted by Crippen LogP contribution is -2.52. The van der Waals surface area contributed by atoms with Crippen LogP contribution in [0.5, 0.6) is 0 Å². The third-order valence-electron chi connectivity index (χ3n) is 4.65. The molecule has 0 aromatic heterocycles. The van der Waals surface area contributed by atoms with E-state index in [1.54, 1.807) is 17.0 Å². The average molecular weight is 355 g/mol. The molecule has 0 radical (unpaired) electrons. The molecule has 1 fully saturated rings. The molecule has 6 heteroatoms. The van der Waals surface area contributed by atoms with Crippen LogP contribution in [0.4, 0.5) is 10.1 Å². The number of nitrogens with one attached hydrogen (secondary N) is 1. The van der Waals surface area contributed by atoms with Crippen LogP contribution in [0.25, 0.3) is 0 Å². The van der Waals surface area contributed by atoms with Crippen molar-refractivity contribution in [1.82, 2.24) is 10.2 Å². The summed E-state index contributed by atoms with van der Waals surface area (Å²) in [5.41, 5.74) is 2.99. The minimum Gasteiger partial charge on any atom is -0.368 e. The Bertz CT molecular complexity index is 784. The molecule has 136 valence electrons. The summed E-state index contributed by atoms with van der Waals surface area (Å²) in [6, 6.07) is 14.0. The molecule has 0 bridgehead atoms. The van der Waals surface area contributed by atoms with Crippen LogP contribution < -0.4 is 10.2 Å². The quantitative estimate of drug-likeness (QED) is 0.858. The SMILES string of the molecule is Cc1ccccc1CNC(=O)C(=O)N1CCN(c2ccc(F)cc2)CC1. The maximum absolute atomic E-state index is 13.0. The van der Waals surface area contributed by atoms with Gasteiger partial charge in [0.1, 0.15) is 5.82 Å². The van der Waals surface area contributed by atoms with Gasteiger partial charge in [-0.15, -0.1) is 0 Å². The molecule has 3 rings (SSSR count). The van der Waals surface area contributed by atoms with Crippen LogP contribution in [0, 0.1) is 12.7 Å². The zero-order valence-electron chi connectivity index (χ0n) is 14.7. The molecule has 1 aliphatic heterocycles. The number of carbonyl (C=O) groups is 2. The van der Waals surface area contributed by atoms with Crippen LogP contribution in [0.2, 0.25) is 0 Å². The fourth-order valence-corrected chi connectivity index (χ4v) is 3.02. The first-order valence-corrected chi connectivity index (χ1v) is 8.67. The molecule has 1 saturated heterocycles. The number of amides is 2. The number of rotatable bonds is 3. The molecule has 1 N–H and O–H groups in total. The van der Waals surface area contributed by atoms with Crippen LogP contribution >= 0.6 is 0 Å². The Morgan fingerprint density at radius 3 is 2.31 bits per heavy atom. The van der Waals surface area contributed by atoms with Crippen molar-refractivity contribution in [3.05, 3.63) is 65.5 Å². The molecule has 0 atom stereocenters. The molecule has 26 heavy (non-hydrogen) atoms. The summed E-state index contributed by atoms with van der Waals surface area (Å²) in [5, 5.41) is 2.70. The first-order valence-electron chi connectivity index (χ1n) is 8.67. The van der Waals surface area contributed by atoms with E-state index >= 15 is 0 Å². The number of hydrogen-bond acceptors (Lipinski definition) is 3. The molecule has 0 saturated carbocycles. The molecule has 2 amide bonds. The van der Waals surface area contributed by atoms with E-state index < -0.39 is 11.8 Å². The molecule has 5 nitrogen and oxygen atoms in total. The highest BCUT2D eigenvalue weighted by atomic mass is 19.1. The zero-order chi connectivity index (χ0) is 18.5. The van der Waals surface area contributed by atoms with E-state index in [4.69, 9.17) is 0 Å². The number of halogens is 1. The second kappa shape index (κ2) is 7.99. The summed E-state index contributed by atoms with van der Waals surface area (Å²) in [4.78, 5) is 28.1. The van der Waals surface area contributed by atoms with Gasteiger partial charge in [0.2, 0.25) is 0 Å². The summed E-state index contributed by atoms with van der Waals surface area (Å²) in [6.45, 7) is 4.47. The molecule has 0 spiro atoms. The summed E-state index contributed by atoms with van der Waals surface area (Å²) >= 11 is 0. The van der Waals surface area contributed by atoms with Crippen LogP contribution in [-0.2, 0) is 16.1 Å². The Balaban J connectivity index is 1.50. The third-order valence-corrected chi connectivity index (χ3v) is 4.65. The van der Waals surface area contributed by atoms with Crippen LogP contribution in [0.3, 0.4) is 0 Å². The van der Waals surface area contributed by atoms with Gasteiger partial charge in [-0.25, -0.2) is 4.39 Å². The van der Waals surface area contributed by atoms with E-state index in [0.717, 1.165) is 16.8 Å². The predicted octanol–water partition coefficient (Wildman–Crippen LogP) is 2.10. The molecular weight excluding hydrogens is 333 g/mol. The largest absolute Gasteiger partial charge is 0.368 e. The molecular formula is C20H22FN3O2. The third kappa shape index (κ3) is 4.20. The van der Waals surface area contributed by atoms with Crippen molar-refractivity contribution in [1.29, 1.82) is 0 Å². The van der Waals surface area contributed by atoms with Crippen molar-refractivity contribution in [2.75, 3.05) is 31.1 Å². The summed E-state index contributed by atoms with van der Waals surface area (Å²) in [6.07, 6.45) is 0. The maximum atomic E-state index is 13.0. The highest BCUT2D eigenvalue weighted by Crippen LogP contribution is 2.17. The summed E-state index contributed by atoms with van der Waals surface area (Å²) in [7, 11) is 0. The Labute approximate surface area is 152 Å². The number of piperazine rings is 1. The Kier molecular flexibility index (Phi) is 5.51. The monoisotopic (exact) mass is 355 g/mol. The van der Waals surface area contributed by atoms with E-state index in [9.17, 15) is 14.0 Å². The number of aryl methyl sites for hydroxylation is 1. The van der Waals surface area contributed by atoms with Crippen molar-refractivity contribution in [2.45, 2.75) is 13.5 Å². The smallest absolute Gasteiger partial charge is 0.312 e. The van der Waals surface area contributed by atoms with Crippen molar-refractivity contribution < 1.29 is 14.0 Å². The number of hydrogen-bond donors (Lipinski definition) is 1. The van der Waals surface area contributed by atoms with E-state index in [2.05, 4.69) is 10.2 Å². The lowest BCUT2D eigenvalue weighted by atomic mass is 10.1. The van der Waals surface area contributed by atoms with Crippen LogP contribution in [0.1, 0.15) is 11.1 Å². The van der Waals surface area contributed by atoms with Gasteiger partial charge in [-0.3, -0.25) is 9.59 Å². The van der Waals surface area contributed by atoms with Gasteiger partial charge in [-0.1, -0.05) is 24.3 Å². The molecule has 1 aliphatic rings. The number of nitrogens with zero attached hydrogens (tertiary/aromatic N) is 2. The van der Waals surface area contributed by atoms with E-state index in [1.807, 2.05) is 31.2 Å². The lowest BCUT2D eigenvalue weighted by molar-refractivity contribution is -0.146. The number of benzene rings is 2. The van der Waals surface area contributed by atoms with E-state index in [0.29, 0.717) is 32.7 Å². The zero-order valence-corrected chi connectivity index (χ0v) is 14.7. The van der Waals surface area contributed by atoms with Crippen molar-refractivity contribution >= 4 is 17.5 Å². The lowest BCUT2D eigenvalue weighted by Gasteiger charge is -2.35. The topological polar surface area (TPSA) is 52.7 Å². The first kappa shape index (κ1) is 17.9. The fraction of sp³-hybridized carbons (Fsp3) is 0.300. The van der Waals surface area contributed by atoms with Gasteiger partial charge >= 0.3 is 11.8 Å². The second-order valence-electron chi connectivity index (χ2n) is 6.36. The van der Waals surface area contributed by atoms with Crippen LogP contribution in [-0.4, -0.2) is 42.9 Å². The Morgan fingerprint density at radius 1 is 1.00 bits per heavy atom. The number of carbonyl (C=O) groups excluding carboxylic acids is 2. The number of anilines is 1. The standard InChI is InChI=1S/C20H22FN3O2/c1-15-4-2-3-5-16(15)14-22-19(25)20(26)24-12-10-23(11-13-24)18-8-6-17(21)7-9-18/h2-9H,10-14H2,1H3,(H,22,25). The Morgan fingerprint density at radius 2 is 1.65 bits per heavy atom. The normalized spacial score (nSPS) is 14.2. The molecule has 0 unspecified atom stereocenters. The van der Waals surface area contributed by atoms with Crippen molar-refractivity contribution in [2.24, 2.45) is 0 Å². The highest BCUT2D eigenvalue weighted by Gasteiger charge is 2.26. The molecule has 2 aromatic rings. The predicted molar refractivity (Wildman–Crippen MR) is 98.2 cm³/mol. The highest BCUT2D eigenvalue weighted by molar-refractivity contribution is 6.35.